The smallest absolute Gasteiger partial charge is 0.422 e. The summed E-state index contributed by atoms with van der Waals surface area (Å²) in [6, 6.07) is 11.0. The van der Waals surface area contributed by atoms with E-state index in [4.69, 9.17) is 16.3 Å². The van der Waals surface area contributed by atoms with E-state index in [2.05, 4.69) is 10.6 Å². The quantitative estimate of drug-likeness (QED) is 0.783. The molecule has 0 atom stereocenters. The third kappa shape index (κ3) is 6.19. The summed E-state index contributed by atoms with van der Waals surface area (Å²) in [5.41, 5.74) is 1.64. The van der Waals surface area contributed by atoms with Gasteiger partial charge in [-0.15, -0.1) is 0 Å². The number of nitrogens with one attached hydrogen (secondary N) is 2. The predicted molar refractivity (Wildman–Crippen MR) is 90.0 cm³/mol. The average Bonchev–Trinajstić information content (AvgIpc) is 2.54. The van der Waals surface area contributed by atoms with E-state index in [-0.39, 0.29) is 12.3 Å². The molecular weight excluding hydrogens is 357 g/mol. The van der Waals surface area contributed by atoms with Gasteiger partial charge in [0.2, 0.25) is 0 Å². The molecule has 0 saturated carbocycles. The molecule has 2 aromatic carbocycles. The highest BCUT2D eigenvalue weighted by Crippen LogP contribution is 2.27. The lowest BCUT2D eigenvalue weighted by Crippen LogP contribution is -2.28. The van der Waals surface area contributed by atoms with Crippen molar-refractivity contribution in [3.05, 3.63) is 58.6 Å². The zero-order valence-corrected chi connectivity index (χ0v) is 14.0. The Morgan fingerprint density at radius 2 is 1.84 bits per heavy atom. The van der Waals surface area contributed by atoms with Crippen molar-refractivity contribution in [3.8, 4) is 5.75 Å². The van der Waals surface area contributed by atoms with E-state index in [0.29, 0.717) is 16.3 Å². The SMILES string of the molecule is Cc1c(NC(=O)NCc2ccc(Cl)cc2)cccc1OCC(F)(F)F. The molecule has 134 valence electrons. The van der Waals surface area contributed by atoms with Crippen molar-refractivity contribution in [2.45, 2.75) is 19.6 Å². The van der Waals surface area contributed by atoms with Crippen LogP contribution in [0.3, 0.4) is 0 Å². The summed E-state index contributed by atoms with van der Waals surface area (Å²) < 4.78 is 41.5. The summed E-state index contributed by atoms with van der Waals surface area (Å²) in [5, 5.41) is 5.84. The molecule has 0 radical (unpaired) electrons. The largest absolute Gasteiger partial charge is 0.484 e. The number of carbonyl (C=O) groups is 1. The lowest BCUT2D eigenvalue weighted by Gasteiger charge is -2.15. The van der Waals surface area contributed by atoms with Gasteiger partial charge in [-0.05, 0) is 36.8 Å². The Bertz CT molecular complexity index is 734. The van der Waals surface area contributed by atoms with E-state index >= 15 is 0 Å². The molecule has 0 heterocycles. The molecule has 0 saturated heterocycles. The molecule has 8 heteroatoms. The Morgan fingerprint density at radius 1 is 1.16 bits per heavy atom. The average molecular weight is 373 g/mol. The summed E-state index contributed by atoms with van der Waals surface area (Å²) in [5.74, 6) is 0.0628. The molecule has 2 N–H and O–H groups in total. The predicted octanol–water partition coefficient (Wildman–Crippen LogP) is 4.91. The highest BCUT2D eigenvalue weighted by molar-refractivity contribution is 6.30. The van der Waals surface area contributed by atoms with E-state index in [1.165, 1.54) is 12.1 Å². The van der Waals surface area contributed by atoms with Crippen LogP contribution in [0.25, 0.3) is 0 Å². The van der Waals surface area contributed by atoms with Crippen molar-refractivity contribution in [2.75, 3.05) is 11.9 Å². The maximum Gasteiger partial charge on any atom is 0.422 e. The lowest BCUT2D eigenvalue weighted by atomic mass is 10.2. The molecule has 2 aromatic rings. The third-order valence-corrected chi connectivity index (χ3v) is 3.54. The number of carbonyl (C=O) groups excluding carboxylic acids is 1. The van der Waals surface area contributed by atoms with Gasteiger partial charge in [0, 0.05) is 22.8 Å². The molecule has 0 bridgehead atoms. The number of benzene rings is 2. The highest BCUT2D eigenvalue weighted by atomic mass is 35.5. The first-order chi connectivity index (χ1) is 11.7. The molecule has 25 heavy (non-hydrogen) atoms. The Morgan fingerprint density at radius 3 is 2.48 bits per heavy atom. The van der Waals surface area contributed by atoms with Crippen molar-refractivity contribution in [1.82, 2.24) is 5.32 Å². The number of rotatable bonds is 5. The van der Waals surface area contributed by atoms with Gasteiger partial charge in [0.05, 0.1) is 0 Å². The number of amides is 2. The summed E-state index contributed by atoms with van der Waals surface area (Å²) >= 11 is 5.79. The number of hydrogen-bond donors (Lipinski definition) is 2. The summed E-state index contributed by atoms with van der Waals surface area (Å²) in [6.07, 6.45) is -4.42. The highest BCUT2D eigenvalue weighted by Gasteiger charge is 2.28. The first-order valence-electron chi connectivity index (χ1n) is 7.33. The van der Waals surface area contributed by atoms with Crippen LogP contribution in [0.1, 0.15) is 11.1 Å². The molecule has 0 aromatic heterocycles. The van der Waals surface area contributed by atoms with Crippen LogP contribution in [0.4, 0.5) is 23.7 Å². The fourth-order valence-corrected chi connectivity index (χ4v) is 2.14. The van der Waals surface area contributed by atoms with Crippen LogP contribution in [0.15, 0.2) is 42.5 Å². The van der Waals surface area contributed by atoms with Gasteiger partial charge < -0.3 is 15.4 Å². The monoisotopic (exact) mass is 372 g/mol. The van der Waals surface area contributed by atoms with Crippen molar-refractivity contribution >= 4 is 23.3 Å². The van der Waals surface area contributed by atoms with Crippen molar-refractivity contribution < 1.29 is 22.7 Å². The number of ether oxygens (including phenoxy) is 1. The molecular formula is C17H16ClF3N2O2. The lowest BCUT2D eigenvalue weighted by molar-refractivity contribution is -0.153. The third-order valence-electron chi connectivity index (χ3n) is 3.29. The van der Waals surface area contributed by atoms with Gasteiger partial charge in [0.15, 0.2) is 6.61 Å². The second-order valence-electron chi connectivity index (χ2n) is 5.27. The standard InChI is InChI=1S/C17H16ClF3N2O2/c1-11-14(3-2-4-15(11)25-10-17(19,20)21)23-16(24)22-9-12-5-7-13(18)8-6-12/h2-8H,9-10H2,1H3,(H2,22,23,24). The van der Waals surface area contributed by atoms with Crippen LogP contribution in [0, 0.1) is 6.92 Å². The molecule has 0 aliphatic carbocycles. The van der Waals surface area contributed by atoms with Crippen molar-refractivity contribution in [2.24, 2.45) is 0 Å². The van der Waals surface area contributed by atoms with Gasteiger partial charge in [0.25, 0.3) is 0 Å². The zero-order chi connectivity index (χ0) is 18.4. The van der Waals surface area contributed by atoms with Crippen LogP contribution in [0.2, 0.25) is 5.02 Å². The van der Waals surface area contributed by atoms with Crippen LogP contribution in [0.5, 0.6) is 5.75 Å². The number of urea groups is 1. The molecule has 4 nitrogen and oxygen atoms in total. The first kappa shape index (κ1) is 18.9. The van der Waals surface area contributed by atoms with Gasteiger partial charge in [-0.3, -0.25) is 0 Å². The molecule has 0 unspecified atom stereocenters. The Balaban J connectivity index is 1.94. The van der Waals surface area contributed by atoms with E-state index in [1.807, 2.05) is 0 Å². The molecule has 0 spiro atoms. The number of hydrogen-bond acceptors (Lipinski definition) is 2. The normalized spacial score (nSPS) is 11.1. The van der Waals surface area contributed by atoms with Crippen molar-refractivity contribution in [3.63, 3.8) is 0 Å². The number of halogens is 4. The zero-order valence-electron chi connectivity index (χ0n) is 13.3. The molecule has 2 rings (SSSR count). The minimum atomic E-state index is -4.42. The Hall–Kier alpha value is -2.41. The maximum absolute atomic E-state index is 12.3. The topological polar surface area (TPSA) is 50.4 Å². The fraction of sp³-hybridized carbons (Fsp3) is 0.235. The van der Waals surface area contributed by atoms with Crippen LogP contribution in [-0.2, 0) is 6.54 Å². The van der Waals surface area contributed by atoms with E-state index in [1.54, 1.807) is 37.3 Å². The van der Waals surface area contributed by atoms with Gasteiger partial charge in [0.1, 0.15) is 5.75 Å². The van der Waals surface area contributed by atoms with Gasteiger partial charge in [-0.1, -0.05) is 29.8 Å². The fourth-order valence-electron chi connectivity index (χ4n) is 2.02. The van der Waals surface area contributed by atoms with Gasteiger partial charge >= 0.3 is 12.2 Å². The maximum atomic E-state index is 12.3. The summed E-state index contributed by atoms with van der Waals surface area (Å²) in [6.45, 7) is 0.465. The number of anilines is 1. The van der Waals surface area contributed by atoms with Crippen LogP contribution < -0.4 is 15.4 Å². The minimum Gasteiger partial charge on any atom is -0.484 e. The van der Waals surface area contributed by atoms with Crippen LogP contribution in [-0.4, -0.2) is 18.8 Å². The number of alkyl halides is 3. The minimum absolute atomic E-state index is 0.0628. The van der Waals surface area contributed by atoms with Gasteiger partial charge in [-0.2, -0.15) is 13.2 Å². The van der Waals surface area contributed by atoms with E-state index < -0.39 is 18.8 Å². The second-order valence-corrected chi connectivity index (χ2v) is 5.70. The molecule has 0 fully saturated rings. The molecule has 2 amide bonds. The molecule has 0 aliphatic rings. The first-order valence-corrected chi connectivity index (χ1v) is 7.71. The van der Waals surface area contributed by atoms with Gasteiger partial charge in [-0.25, -0.2) is 4.79 Å². The van der Waals surface area contributed by atoms with Crippen molar-refractivity contribution in [1.29, 1.82) is 0 Å². The van der Waals surface area contributed by atoms with Crippen LogP contribution >= 0.6 is 11.6 Å². The summed E-state index contributed by atoms with van der Waals surface area (Å²) in [4.78, 5) is 12.0. The second kappa shape index (κ2) is 8.11. The Kier molecular flexibility index (Phi) is 6.14. The Labute approximate surface area is 147 Å². The van der Waals surface area contributed by atoms with E-state index in [0.717, 1.165) is 5.56 Å². The summed E-state index contributed by atoms with van der Waals surface area (Å²) in [7, 11) is 0. The molecule has 0 aliphatic heterocycles. The van der Waals surface area contributed by atoms with E-state index in [9.17, 15) is 18.0 Å².